The fourth-order valence-corrected chi connectivity index (χ4v) is 2.61. The average Bonchev–Trinajstić information content (AvgIpc) is 3.14. The molecule has 3 aromatic rings. The summed E-state index contributed by atoms with van der Waals surface area (Å²) in [7, 11) is 1.55. The highest BCUT2D eigenvalue weighted by molar-refractivity contribution is 5.97. The number of esters is 1. The molecule has 1 aromatic heterocycles. The van der Waals surface area contributed by atoms with E-state index >= 15 is 0 Å². The van der Waals surface area contributed by atoms with Crippen molar-refractivity contribution >= 4 is 17.6 Å². The number of hydrogen-bond acceptors (Lipinski definition) is 5. The van der Waals surface area contributed by atoms with Crippen LogP contribution in [-0.4, -0.2) is 34.9 Å². The SMILES string of the molecule is COc1cccc(NC(=O)[C@@H](C)OC(=O)c2ccc(-n3nccc3C)cc2)c1. The van der Waals surface area contributed by atoms with Crippen LogP contribution in [0.25, 0.3) is 5.69 Å². The van der Waals surface area contributed by atoms with Gasteiger partial charge in [0.05, 0.1) is 18.4 Å². The van der Waals surface area contributed by atoms with E-state index in [4.69, 9.17) is 9.47 Å². The lowest BCUT2D eigenvalue weighted by Crippen LogP contribution is -2.30. The first kappa shape index (κ1) is 19.2. The second kappa shape index (κ2) is 8.39. The molecule has 0 unspecified atom stereocenters. The Morgan fingerprint density at radius 3 is 2.50 bits per heavy atom. The molecule has 0 radical (unpaired) electrons. The Kier molecular flexibility index (Phi) is 5.74. The van der Waals surface area contributed by atoms with Crippen LogP contribution in [0, 0.1) is 6.92 Å². The van der Waals surface area contributed by atoms with Crippen LogP contribution in [0.15, 0.2) is 60.8 Å². The number of amides is 1. The zero-order valence-electron chi connectivity index (χ0n) is 15.9. The van der Waals surface area contributed by atoms with Crippen molar-refractivity contribution in [2.45, 2.75) is 20.0 Å². The lowest BCUT2D eigenvalue weighted by Gasteiger charge is -2.14. The third-order valence-corrected chi connectivity index (χ3v) is 4.17. The van der Waals surface area contributed by atoms with E-state index in [0.717, 1.165) is 11.4 Å². The summed E-state index contributed by atoms with van der Waals surface area (Å²) in [4.78, 5) is 24.6. The van der Waals surface area contributed by atoms with Crippen molar-refractivity contribution in [1.29, 1.82) is 0 Å². The molecule has 0 aliphatic carbocycles. The molecule has 0 saturated carbocycles. The maximum Gasteiger partial charge on any atom is 0.338 e. The van der Waals surface area contributed by atoms with Crippen molar-refractivity contribution in [2.24, 2.45) is 0 Å². The van der Waals surface area contributed by atoms with Crippen molar-refractivity contribution in [3.8, 4) is 11.4 Å². The predicted octanol–water partition coefficient (Wildman–Crippen LogP) is 3.37. The Balaban J connectivity index is 1.61. The van der Waals surface area contributed by atoms with Crippen LogP contribution in [-0.2, 0) is 9.53 Å². The number of carbonyl (C=O) groups excluding carboxylic acids is 2. The Labute approximate surface area is 162 Å². The maximum absolute atomic E-state index is 12.3. The first-order valence-corrected chi connectivity index (χ1v) is 8.75. The number of aryl methyl sites for hydroxylation is 1. The van der Waals surface area contributed by atoms with Gasteiger partial charge in [-0.1, -0.05) is 6.07 Å². The monoisotopic (exact) mass is 379 g/mol. The van der Waals surface area contributed by atoms with Gasteiger partial charge < -0.3 is 14.8 Å². The molecular weight excluding hydrogens is 358 g/mol. The van der Waals surface area contributed by atoms with E-state index in [1.807, 2.05) is 13.0 Å². The van der Waals surface area contributed by atoms with E-state index in [0.29, 0.717) is 17.0 Å². The second-order valence-corrected chi connectivity index (χ2v) is 6.20. The number of aromatic nitrogens is 2. The van der Waals surface area contributed by atoms with Crippen molar-refractivity contribution in [1.82, 2.24) is 9.78 Å². The van der Waals surface area contributed by atoms with Crippen molar-refractivity contribution < 1.29 is 19.1 Å². The number of nitrogens with one attached hydrogen (secondary N) is 1. The highest BCUT2D eigenvalue weighted by Gasteiger charge is 2.19. The smallest absolute Gasteiger partial charge is 0.338 e. The summed E-state index contributed by atoms with van der Waals surface area (Å²) in [6.45, 7) is 3.46. The van der Waals surface area contributed by atoms with Crippen molar-refractivity contribution in [2.75, 3.05) is 12.4 Å². The van der Waals surface area contributed by atoms with Crippen LogP contribution in [0.1, 0.15) is 23.0 Å². The normalized spacial score (nSPS) is 11.5. The van der Waals surface area contributed by atoms with E-state index in [9.17, 15) is 9.59 Å². The minimum Gasteiger partial charge on any atom is -0.497 e. The molecule has 0 spiro atoms. The molecule has 28 heavy (non-hydrogen) atoms. The number of nitrogens with zero attached hydrogens (tertiary/aromatic N) is 2. The van der Waals surface area contributed by atoms with Crippen LogP contribution < -0.4 is 10.1 Å². The predicted molar refractivity (Wildman–Crippen MR) is 105 cm³/mol. The average molecular weight is 379 g/mol. The number of ether oxygens (including phenoxy) is 2. The molecule has 1 amide bonds. The van der Waals surface area contributed by atoms with Crippen molar-refractivity contribution in [3.05, 3.63) is 72.1 Å². The number of rotatable bonds is 6. The van der Waals surface area contributed by atoms with E-state index in [2.05, 4.69) is 10.4 Å². The Morgan fingerprint density at radius 1 is 1.11 bits per heavy atom. The molecule has 1 atom stereocenters. The number of methoxy groups -OCH3 is 1. The van der Waals surface area contributed by atoms with Gasteiger partial charge in [0.15, 0.2) is 6.10 Å². The highest BCUT2D eigenvalue weighted by Crippen LogP contribution is 2.17. The molecule has 0 aliphatic heterocycles. The Morgan fingerprint density at radius 2 is 1.86 bits per heavy atom. The van der Waals surface area contributed by atoms with Gasteiger partial charge in [-0.05, 0) is 56.3 Å². The van der Waals surface area contributed by atoms with E-state index < -0.39 is 18.0 Å². The topological polar surface area (TPSA) is 82.5 Å². The standard InChI is InChI=1S/C21H21N3O4/c1-14-11-12-22-24(14)18-9-7-16(8-10-18)21(26)28-15(2)20(25)23-17-5-4-6-19(13-17)27-3/h4-13,15H,1-3H3,(H,23,25)/t15-/m1/s1. The van der Waals surface area contributed by atoms with Crippen LogP contribution in [0.5, 0.6) is 5.75 Å². The lowest BCUT2D eigenvalue weighted by molar-refractivity contribution is -0.123. The summed E-state index contributed by atoms with van der Waals surface area (Å²) in [6, 6.07) is 15.7. The summed E-state index contributed by atoms with van der Waals surface area (Å²) in [5.74, 6) is -0.377. The molecule has 144 valence electrons. The van der Waals surface area contributed by atoms with E-state index in [-0.39, 0.29) is 0 Å². The molecule has 3 rings (SSSR count). The number of benzene rings is 2. The molecule has 2 aromatic carbocycles. The summed E-state index contributed by atoms with van der Waals surface area (Å²) < 4.78 is 12.2. The molecule has 1 N–H and O–H groups in total. The quantitative estimate of drug-likeness (QED) is 0.664. The molecule has 0 saturated heterocycles. The largest absolute Gasteiger partial charge is 0.497 e. The number of hydrogen-bond donors (Lipinski definition) is 1. The van der Waals surface area contributed by atoms with Gasteiger partial charge in [-0.15, -0.1) is 0 Å². The molecule has 1 heterocycles. The zero-order chi connectivity index (χ0) is 20.1. The third kappa shape index (κ3) is 4.37. The summed E-state index contributed by atoms with van der Waals surface area (Å²) in [5, 5.41) is 6.92. The van der Waals surface area contributed by atoms with Gasteiger partial charge in [0.2, 0.25) is 0 Å². The fraction of sp³-hybridized carbons (Fsp3) is 0.190. The van der Waals surface area contributed by atoms with Gasteiger partial charge >= 0.3 is 5.97 Å². The summed E-state index contributed by atoms with van der Waals surface area (Å²) in [6.07, 6.45) is 0.756. The van der Waals surface area contributed by atoms with E-state index in [1.165, 1.54) is 6.92 Å². The van der Waals surface area contributed by atoms with Gasteiger partial charge in [-0.25, -0.2) is 9.48 Å². The second-order valence-electron chi connectivity index (χ2n) is 6.20. The van der Waals surface area contributed by atoms with Crippen molar-refractivity contribution in [3.63, 3.8) is 0 Å². The van der Waals surface area contributed by atoms with E-state index in [1.54, 1.807) is 66.5 Å². The minimum absolute atomic E-state index is 0.356. The molecular formula is C21H21N3O4. The Bertz CT molecular complexity index is 979. The first-order valence-electron chi connectivity index (χ1n) is 8.75. The third-order valence-electron chi connectivity index (χ3n) is 4.17. The first-order chi connectivity index (χ1) is 13.5. The highest BCUT2D eigenvalue weighted by atomic mass is 16.5. The lowest BCUT2D eigenvalue weighted by atomic mass is 10.2. The molecule has 0 aliphatic rings. The van der Waals surface area contributed by atoms with Crippen LogP contribution >= 0.6 is 0 Å². The fourth-order valence-electron chi connectivity index (χ4n) is 2.61. The van der Waals surface area contributed by atoms with Crippen LogP contribution in [0.3, 0.4) is 0 Å². The Hall–Kier alpha value is -3.61. The molecule has 0 bridgehead atoms. The summed E-state index contributed by atoms with van der Waals surface area (Å²) in [5.41, 5.74) is 2.74. The number of anilines is 1. The van der Waals surface area contributed by atoms with Gasteiger partial charge in [0.1, 0.15) is 5.75 Å². The maximum atomic E-state index is 12.3. The molecule has 7 heteroatoms. The summed E-state index contributed by atoms with van der Waals surface area (Å²) >= 11 is 0. The zero-order valence-corrected chi connectivity index (χ0v) is 15.9. The minimum atomic E-state index is -0.952. The van der Waals surface area contributed by atoms with Gasteiger partial charge in [-0.2, -0.15) is 5.10 Å². The van der Waals surface area contributed by atoms with Gasteiger partial charge in [0, 0.05) is 23.6 Å². The number of carbonyl (C=O) groups is 2. The van der Waals surface area contributed by atoms with Gasteiger partial charge in [-0.3, -0.25) is 4.79 Å². The van der Waals surface area contributed by atoms with Gasteiger partial charge in [0.25, 0.3) is 5.91 Å². The van der Waals surface area contributed by atoms with Crippen LogP contribution in [0.2, 0.25) is 0 Å². The van der Waals surface area contributed by atoms with Crippen LogP contribution in [0.4, 0.5) is 5.69 Å². The molecule has 7 nitrogen and oxygen atoms in total. The molecule has 0 fully saturated rings.